The molecule has 9 nitrogen and oxygen atoms in total. The summed E-state index contributed by atoms with van der Waals surface area (Å²) in [4.78, 5) is 8.08. The maximum absolute atomic E-state index is 15.8. The summed E-state index contributed by atoms with van der Waals surface area (Å²) in [6.07, 6.45) is -1.92. The third kappa shape index (κ3) is 5.41. The number of halogens is 5. The maximum atomic E-state index is 15.8. The molecule has 0 unspecified atom stereocenters. The van der Waals surface area contributed by atoms with Gasteiger partial charge in [-0.2, -0.15) is 32.5 Å². The summed E-state index contributed by atoms with van der Waals surface area (Å²) in [5.74, 6) is -1.44. The van der Waals surface area contributed by atoms with Gasteiger partial charge in [0.1, 0.15) is 23.9 Å². The van der Waals surface area contributed by atoms with Crippen molar-refractivity contribution in [1.82, 2.24) is 25.0 Å². The number of benzene rings is 1. The predicted octanol–water partition coefficient (Wildman–Crippen LogP) is 6.26. The Morgan fingerprint density at radius 3 is 2.40 bits per heavy atom. The van der Waals surface area contributed by atoms with Crippen molar-refractivity contribution < 1.29 is 22.0 Å². The molecule has 3 aromatic heterocycles. The quantitative estimate of drug-likeness (QED) is 0.180. The fraction of sp³-hybridized carbons (Fsp3) is 0.379. The number of nitrogens with one attached hydrogen (secondary N) is 2. The molecule has 1 aliphatic carbocycles. The maximum Gasteiger partial charge on any atom is 0.395 e. The fourth-order valence-electron chi connectivity index (χ4n) is 4.66. The van der Waals surface area contributed by atoms with Crippen LogP contribution in [-0.2, 0) is 5.54 Å². The number of nitrogens with zero attached hydrogens (tertiary/aromatic N) is 7. The van der Waals surface area contributed by atoms with Crippen LogP contribution >= 0.6 is 0 Å². The van der Waals surface area contributed by atoms with Crippen molar-refractivity contribution in [3.63, 3.8) is 0 Å². The smallest absolute Gasteiger partial charge is 0.382 e. The van der Waals surface area contributed by atoms with Crippen LogP contribution in [0.15, 0.2) is 30.5 Å². The van der Waals surface area contributed by atoms with E-state index >= 15 is 4.39 Å². The lowest BCUT2D eigenvalue weighted by atomic mass is 9.92. The zero-order valence-electron chi connectivity index (χ0n) is 23.6. The summed E-state index contributed by atoms with van der Waals surface area (Å²) in [6.45, 7) is 4.87. The van der Waals surface area contributed by atoms with Gasteiger partial charge in [0.15, 0.2) is 0 Å². The highest BCUT2D eigenvalue weighted by molar-refractivity contribution is 5.99. The number of aryl methyl sites for hydroxylation is 1. The Hall–Kier alpha value is -4.85. The molecule has 43 heavy (non-hydrogen) atoms. The Morgan fingerprint density at radius 2 is 1.79 bits per heavy atom. The standard InChI is InChI=1S/C29H26F5N9/c1-15-19(5-6-21(30)39-15)24(25-26(31)43(42-41-25)28(4)7-8-28)40-18-9-16(11-35)22-20(10-18)23(17(12-36)13-37-22)38-14-27(2,3)29(32,33)34/h5-6,9-10,13,24,40H,7-8,14H2,1-4H3,(H,37,38)/t24-/m0/s1. The topological polar surface area (TPSA) is 128 Å². The number of aromatic nitrogens is 5. The molecule has 1 aliphatic rings. The van der Waals surface area contributed by atoms with Gasteiger partial charge >= 0.3 is 6.18 Å². The van der Waals surface area contributed by atoms with Crippen molar-refractivity contribution >= 4 is 22.3 Å². The second-order valence-corrected chi connectivity index (χ2v) is 11.5. The van der Waals surface area contributed by atoms with Crippen LogP contribution in [0.4, 0.5) is 33.3 Å². The molecule has 1 atom stereocenters. The third-order valence-electron chi connectivity index (χ3n) is 7.80. The number of fused-ring (bicyclic) bond motifs is 1. The Bertz CT molecular complexity index is 1810. The van der Waals surface area contributed by atoms with Gasteiger partial charge in [0.2, 0.25) is 11.9 Å². The minimum atomic E-state index is -4.53. The first-order valence-electron chi connectivity index (χ1n) is 13.3. The van der Waals surface area contributed by atoms with Crippen LogP contribution in [0.5, 0.6) is 0 Å². The molecule has 2 N–H and O–H groups in total. The number of rotatable bonds is 8. The van der Waals surface area contributed by atoms with Crippen molar-refractivity contribution in [2.45, 2.75) is 58.3 Å². The summed E-state index contributed by atoms with van der Waals surface area (Å²) < 4.78 is 71.7. The molecule has 3 heterocycles. The second-order valence-electron chi connectivity index (χ2n) is 11.5. The minimum Gasteiger partial charge on any atom is -0.382 e. The van der Waals surface area contributed by atoms with Crippen molar-refractivity contribution in [3.8, 4) is 12.1 Å². The molecular formula is C29H26F5N9. The van der Waals surface area contributed by atoms with Gasteiger partial charge in [0.05, 0.1) is 33.3 Å². The van der Waals surface area contributed by atoms with Crippen LogP contribution in [0, 0.1) is 46.9 Å². The number of anilines is 2. The van der Waals surface area contributed by atoms with Crippen LogP contribution < -0.4 is 10.6 Å². The van der Waals surface area contributed by atoms with E-state index in [0.29, 0.717) is 18.4 Å². The first kappa shape index (κ1) is 29.6. The average Bonchev–Trinajstić information content (AvgIpc) is 3.57. The van der Waals surface area contributed by atoms with Crippen LogP contribution in [0.3, 0.4) is 0 Å². The molecule has 1 fully saturated rings. The first-order chi connectivity index (χ1) is 20.2. The van der Waals surface area contributed by atoms with Crippen LogP contribution in [0.25, 0.3) is 10.9 Å². The largest absolute Gasteiger partial charge is 0.395 e. The first-order valence-corrected chi connectivity index (χ1v) is 13.3. The number of hydrogen-bond acceptors (Lipinski definition) is 8. The third-order valence-corrected chi connectivity index (χ3v) is 7.80. The number of alkyl halides is 3. The van der Waals surface area contributed by atoms with Gasteiger partial charge in [-0.15, -0.1) is 5.10 Å². The van der Waals surface area contributed by atoms with Gasteiger partial charge in [-0.05, 0) is 58.7 Å². The minimum absolute atomic E-state index is 0.0340. The van der Waals surface area contributed by atoms with Crippen LogP contribution in [0.1, 0.15) is 67.7 Å². The van der Waals surface area contributed by atoms with E-state index in [2.05, 4.69) is 30.9 Å². The molecule has 4 aromatic rings. The highest BCUT2D eigenvalue weighted by atomic mass is 19.4. The van der Waals surface area contributed by atoms with Gasteiger partial charge in [0, 0.05) is 35.1 Å². The highest BCUT2D eigenvalue weighted by Gasteiger charge is 2.47. The second kappa shape index (κ2) is 10.5. The molecule has 0 amide bonds. The van der Waals surface area contributed by atoms with Gasteiger partial charge in [-0.25, -0.2) is 9.67 Å². The summed E-state index contributed by atoms with van der Waals surface area (Å²) in [7, 11) is 0. The van der Waals surface area contributed by atoms with Crippen LogP contribution in [-0.4, -0.2) is 37.7 Å². The Kier molecular flexibility index (Phi) is 7.20. The van der Waals surface area contributed by atoms with E-state index in [-0.39, 0.29) is 44.8 Å². The molecular weight excluding hydrogens is 569 g/mol. The molecule has 0 saturated heterocycles. The summed E-state index contributed by atoms with van der Waals surface area (Å²) >= 11 is 0. The van der Waals surface area contributed by atoms with Crippen LogP contribution in [0.2, 0.25) is 0 Å². The zero-order valence-corrected chi connectivity index (χ0v) is 23.6. The van der Waals surface area contributed by atoms with E-state index in [0.717, 1.165) is 19.9 Å². The van der Waals surface area contributed by atoms with Crippen molar-refractivity contribution in [2.75, 3.05) is 17.2 Å². The Balaban J connectivity index is 1.65. The number of hydrogen-bond donors (Lipinski definition) is 2. The Labute approximate surface area is 243 Å². The number of nitriles is 2. The molecule has 1 aromatic carbocycles. The van der Waals surface area contributed by atoms with Crippen molar-refractivity contribution in [3.05, 3.63) is 70.4 Å². The summed E-state index contributed by atoms with van der Waals surface area (Å²) in [5, 5.41) is 33.9. The molecule has 14 heteroatoms. The van der Waals surface area contributed by atoms with E-state index in [4.69, 9.17) is 0 Å². The highest BCUT2D eigenvalue weighted by Crippen LogP contribution is 2.44. The van der Waals surface area contributed by atoms with E-state index in [1.54, 1.807) is 6.92 Å². The fourth-order valence-corrected chi connectivity index (χ4v) is 4.66. The average molecular weight is 596 g/mol. The molecule has 0 bridgehead atoms. The van der Waals surface area contributed by atoms with E-state index in [9.17, 15) is 28.1 Å². The SMILES string of the molecule is Cc1nc(F)ccc1[C@H](Nc1cc(C#N)c2ncc(C#N)c(NCC(C)(C)C(F)(F)F)c2c1)c1nnn(C2(C)CC2)c1F. The summed E-state index contributed by atoms with van der Waals surface area (Å²) in [5.41, 5.74) is -1.69. The molecule has 5 rings (SSSR count). The van der Waals surface area contributed by atoms with Gasteiger partial charge in [0.25, 0.3) is 0 Å². The normalized spacial score (nSPS) is 15.0. The van der Waals surface area contributed by atoms with E-state index < -0.39 is 41.6 Å². The molecule has 0 aliphatic heterocycles. The van der Waals surface area contributed by atoms with Crippen molar-refractivity contribution in [2.24, 2.45) is 5.41 Å². The lowest BCUT2D eigenvalue weighted by molar-refractivity contribution is -0.206. The van der Waals surface area contributed by atoms with Gasteiger partial charge in [-0.1, -0.05) is 11.3 Å². The monoisotopic (exact) mass is 595 g/mol. The van der Waals surface area contributed by atoms with Crippen molar-refractivity contribution in [1.29, 1.82) is 10.5 Å². The predicted molar refractivity (Wildman–Crippen MR) is 147 cm³/mol. The molecule has 1 saturated carbocycles. The van der Waals surface area contributed by atoms with E-state index in [1.807, 2.05) is 19.1 Å². The van der Waals surface area contributed by atoms with E-state index in [1.165, 1.54) is 29.1 Å². The Morgan fingerprint density at radius 1 is 1.09 bits per heavy atom. The van der Waals surface area contributed by atoms with Gasteiger partial charge < -0.3 is 10.6 Å². The molecule has 222 valence electrons. The summed E-state index contributed by atoms with van der Waals surface area (Å²) in [6, 6.07) is 8.39. The zero-order chi connectivity index (χ0) is 31.3. The van der Waals surface area contributed by atoms with Gasteiger partial charge in [-0.3, -0.25) is 4.98 Å². The lowest BCUT2D eigenvalue weighted by Gasteiger charge is -2.28. The molecule has 0 radical (unpaired) electrons. The molecule has 0 spiro atoms. The number of pyridine rings is 2. The lowest BCUT2D eigenvalue weighted by Crippen LogP contribution is -2.38.